The standard InChI is InChI=1S/C17H16O3/c1-11-4-9-15(12(2)10-11)16(18)13-5-7-14(8-6-13)17(19)20-3/h4-10H,1-3H3. The van der Waals surface area contributed by atoms with Crippen LogP contribution in [-0.4, -0.2) is 18.9 Å². The predicted octanol–water partition coefficient (Wildman–Crippen LogP) is 3.32. The smallest absolute Gasteiger partial charge is 0.337 e. The van der Waals surface area contributed by atoms with Crippen LogP contribution in [0.25, 0.3) is 0 Å². The van der Waals surface area contributed by atoms with E-state index < -0.39 is 5.97 Å². The number of ketones is 1. The Morgan fingerprint density at radius 1 is 0.900 bits per heavy atom. The summed E-state index contributed by atoms with van der Waals surface area (Å²) in [7, 11) is 1.33. The first-order chi connectivity index (χ1) is 9.52. The number of esters is 1. The lowest BCUT2D eigenvalue weighted by atomic mass is 9.97. The molecule has 0 atom stereocenters. The van der Waals surface area contributed by atoms with Gasteiger partial charge in [0.05, 0.1) is 12.7 Å². The van der Waals surface area contributed by atoms with Gasteiger partial charge in [-0.25, -0.2) is 4.79 Å². The maximum absolute atomic E-state index is 12.4. The summed E-state index contributed by atoms with van der Waals surface area (Å²) in [6.45, 7) is 3.91. The van der Waals surface area contributed by atoms with Gasteiger partial charge in [0.15, 0.2) is 5.78 Å². The molecule has 3 nitrogen and oxygen atoms in total. The van der Waals surface area contributed by atoms with Crippen LogP contribution in [0.5, 0.6) is 0 Å². The minimum absolute atomic E-state index is 0.0427. The molecule has 0 aliphatic heterocycles. The molecule has 0 saturated heterocycles. The third kappa shape index (κ3) is 2.77. The summed E-state index contributed by atoms with van der Waals surface area (Å²) in [6, 6.07) is 12.2. The molecular weight excluding hydrogens is 252 g/mol. The van der Waals surface area contributed by atoms with Crippen LogP contribution in [0.1, 0.15) is 37.4 Å². The summed E-state index contributed by atoms with van der Waals surface area (Å²) in [5.74, 6) is -0.450. The van der Waals surface area contributed by atoms with Crippen LogP contribution in [0.4, 0.5) is 0 Å². The second kappa shape index (κ2) is 5.70. The number of benzene rings is 2. The van der Waals surface area contributed by atoms with E-state index >= 15 is 0 Å². The average Bonchev–Trinajstić information content (AvgIpc) is 2.46. The molecule has 2 rings (SSSR count). The number of methoxy groups -OCH3 is 1. The number of hydrogen-bond donors (Lipinski definition) is 0. The van der Waals surface area contributed by atoms with Crippen molar-refractivity contribution >= 4 is 11.8 Å². The van der Waals surface area contributed by atoms with Gasteiger partial charge in [0, 0.05) is 11.1 Å². The Hall–Kier alpha value is -2.42. The zero-order valence-electron chi connectivity index (χ0n) is 11.8. The van der Waals surface area contributed by atoms with Crippen molar-refractivity contribution in [1.82, 2.24) is 0 Å². The Morgan fingerprint density at radius 2 is 1.50 bits per heavy atom. The number of carbonyl (C=O) groups excluding carboxylic acids is 2. The molecule has 0 saturated carbocycles. The topological polar surface area (TPSA) is 43.4 Å². The van der Waals surface area contributed by atoms with Crippen molar-refractivity contribution in [2.45, 2.75) is 13.8 Å². The zero-order valence-corrected chi connectivity index (χ0v) is 11.8. The van der Waals surface area contributed by atoms with Gasteiger partial charge >= 0.3 is 5.97 Å². The summed E-state index contributed by atoms with van der Waals surface area (Å²) >= 11 is 0. The lowest BCUT2D eigenvalue weighted by Crippen LogP contribution is -2.06. The summed E-state index contributed by atoms with van der Waals surface area (Å²) in [6.07, 6.45) is 0. The molecule has 0 unspecified atom stereocenters. The van der Waals surface area contributed by atoms with Crippen LogP contribution in [0, 0.1) is 13.8 Å². The molecule has 2 aromatic rings. The van der Waals surface area contributed by atoms with E-state index in [1.807, 2.05) is 32.0 Å². The maximum atomic E-state index is 12.4. The van der Waals surface area contributed by atoms with Crippen LogP contribution in [0.2, 0.25) is 0 Å². The fraction of sp³-hybridized carbons (Fsp3) is 0.176. The minimum Gasteiger partial charge on any atom is -0.465 e. The Balaban J connectivity index is 2.31. The predicted molar refractivity (Wildman–Crippen MR) is 77.1 cm³/mol. The van der Waals surface area contributed by atoms with Gasteiger partial charge in [-0.15, -0.1) is 0 Å². The third-order valence-electron chi connectivity index (χ3n) is 3.19. The van der Waals surface area contributed by atoms with Crippen LogP contribution in [-0.2, 0) is 4.74 Å². The molecule has 20 heavy (non-hydrogen) atoms. The van der Waals surface area contributed by atoms with Gasteiger partial charge < -0.3 is 4.74 Å². The number of hydrogen-bond acceptors (Lipinski definition) is 3. The summed E-state index contributed by atoms with van der Waals surface area (Å²) in [5, 5.41) is 0. The lowest BCUT2D eigenvalue weighted by Gasteiger charge is -2.07. The summed E-state index contributed by atoms with van der Waals surface area (Å²) in [4.78, 5) is 23.8. The molecule has 0 aliphatic carbocycles. The molecule has 2 aromatic carbocycles. The highest BCUT2D eigenvalue weighted by atomic mass is 16.5. The average molecular weight is 268 g/mol. The SMILES string of the molecule is COC(=O)c1ccc(C(=O)c2ccc(C)cc2C)cc1. The Morgan fingerprint density at radius 3 is 2.05 bits per heavy atom. The highest BCUT2D eigenvalue weighted by Crippen LogP contribution is 2.16. The Labute approximate surface area is 118 Å². The highest BCUT2D eigenvalue weighted by Gasteiger charge is 2.13. The molecule has 0 heterocycles. The molecule has 0 aromatic heterocycles. The number of carbonyl (C=O) groups is 2. The van der Waals surface area contributed by atoms with Crippen molar-refractivity contribution in [3.05, 3.63) is 70.3 Å². The molecule has 0 radical (unpaired) electrons. The van der Waals surface area contributed by atoms with Crippen molar-refractivity contribution in [1.29, 1.82) is 0 Å². The Kier molecular flexibility index (Phi) is 3.99. The van der Waals surface area contributed by atoms with Crippen LogP contribution in [0.3, 0.4) is 0 Å². The van der Waals surface area contributed by atoms with Crippen molar-refractivity contribution in [2.24, 2.45) is 0 Å². The van der Waals surface area contributed by atoms with E-state index in [1.54, 1.807) is 24.3 Å². The Bertz CT molecular complexity index is 654. The first-order valence-corrected chi connectivity index (χ1v) is 6.33. The monoisotopic (exact) mass is 268 g/mol. The van der Waals surface area contributed by atoms with E-state index in [4.69, 9.17) is 0 Å². The quantitative estimate of drug-likeness (QED) is 0.633. The molecule has 3 heteroatoms. The fourth-order valence-corrected chi connectivity index (χ4v) is 2.10. The van der Waals surface area contributed by atoms with E-state index in [0.717, 1.165) is 11.1 Å². The molecule has 0 N–H and O–H groups in total. The van der Waals surface area contributed by atoms with Crippen LogP contribution in [0.15, 0.2) is 42.5 Å². The normalized spacial score (nSPS) is 10.2. The van der Waals surface area contributed by atoms with E-state index in [2.05, 4.69) is 4.74 Å². The van der Waals surface area contributed by atoms with Gasteiger partial charge in [0.2, 0.25) is 0 Å². The number of rotatable bonds is 3. The first-order valence-electron chi connectivity index (χ1n) is 6.33. The second-order valence-corrected chi connectivity index (χ2v) is 4.72. The first kappa shape index (κ1) is 14.0. The van der Waals surface area contributed by atoms with Gasteiger partial charge in [-0.1, -0.05) is 35.9 Å². The third-order valence-corrected chi connectivity index (χ3v) is 3.19. The lowest BCUT2D eigenvalue weighted by molar-refractivity contribution is 0.0600. The maximum Gasteiger partial charge on any atom is 0.337 e. The molecular formula is C17H16O3. The molecule has 0 spiro atoms. The minimum atomic E-state index is -0.407. The van der Waals surface area contributed by atoms with Crippen LogP contribution >= 0.6 is 0 Å². The van der Waals surface area contributed by atoms with E-state index in [9.17, 15) is 9.59 Å². The number of ether oxygens (including phenoxy) is 1. The fourth-order valence-electron chi connectivity index (χ4n) is 2.10. The molecule has 0 amide bonds. The van der Waals surface area contributed by atoms with Gasteiger partial charge in [-0.3, -0.25) is 4.79 Å². The number of aryl methyl sites for hydroxylation is 2. The molecule has 102 valence electrons. The van der Waals surface area contributed by atoms with Crippen molar-refractivity contribution in [3.63, 3.8) is 0 Å². The molecule has 0 aliphatic rings. The van der Waals surface area contributed by atoms with Gasteiger partial charge in [-0.05, 0) is 31.5 Å². The van der Waals surface area contributed by atoms with Crippen molar-refractivity contribution in [3.8, 4) is 0 Å². The van der Waals surface area contributed by atoms with Gasteiger partial charge in [0.1, 0.15) is 0 Å². The summed E-state index contributed by atoms with van der Waals surface area (Å²) in [5.41, 5.74) is 3.75. The largest absolute Gasteiger partial charge is 0.465 e. The van der Waals surface area contributed by atoms with Gasteiger partial charge in [0.25, 0.3) is 0 Å². The van der Waals surface area contributed by atoms with Gasteiger partial charge in [-0.2, -0.15) is 0 Å². The van der Waals surface area contributed by atoms with E-state index in [0.29, 0.717) is 16.7 Å². The van der Waals surface area contributed by atoms with Crippen molar-refractivity contribution < 1.29 is 14.3 Å². The van der Waals surface area contributed by atoms with Crippen LogP contribution < -0.4 is 0 Å². The van der Waals surface area contributed by atoms with Crippen molar-refractivity contribution in [2.75, 3.05) is 7.11 Å². The van der Waals surface area contributed by atoms with E-state index in [-0.39, 0.29) is 5.78 Å². The molecule has 0 bridgehead atoms. The molecule has 0 fully saturated rings. The zero-order chi connectivity index (χ0) is 14.7. The van der Waals surface area contributed by atoms with E-state index in [1.165, 1.54) is 7.11 Å². The summed E-state index contributed by atoms with van der Waals surface area (Å²) < 4.78 is 4.63. The second-order valence-electron chi connectivity index (χ2n) is 4.72. The highest BCUT2D eigenvalue weighted by molar-refractivity contribution is 6.10.